The van der Waals surface area contributed by atoms with E-state index in [4.69, 9.17) is 5.73 Å². The van der Waals surface area contributed by atoms with Crippen molar-refractivity contribution in [1.82, 2.24) is 14.7 Å². The molecule has 2 amide bonds. The average Bonchev–Trinajstić information content (AvgIpc) is 3.00. The second kappa shape index (κ2) is 9.80. The van der Waals surface area contributed by atoms with Crippen LogP contribution < -0.4 is 5.73 Å². The molecule has 142 valence electrons. The van der Waals surface area contributed by atoms with E-state index in [9.17, 15) is 9.59 Å². The third-order valence-electron chi connectivity index (χ3n) is 4.70. The van der Waals surface area contributed by atoms with E-state index in [0.29, 0.717) is 19.6 Å². The molecule has 2 rings (SSSR count). The Bertz CT molecular complexity index is 415. The molecule has 0 bridgehead atoms. The van der Waals surface area contributed by atoms with Crippen molar-refractivity contribution in [3.05, 3.63) is 0 Å². The number of carbonyl (C=O) groups excluding carboxylic acids is 2. The molecule has 2 heterocycles. The van der Waals surface area contributed by atoms with E-state index in [0.717, 1.165) is 39.0 Å². The molecular weight excluding hydrogens is 351 g/mol. The van der Waals surface area contributed by atoms with E-state index in [1.807, 2.05) is 30.6 Å². The third-order valence-corrected chi connectivity index (χ3v) is 4.70. The van der Waals surface area contributed by atoms with E-state index in [1.54, 1.807) is 0 Å². The number of likely N-dealkylation sites (tertiary alicyclic amines) is 1. The fourth-order valence-corrected chi connectivity index (χ4v) is 2.95. The minimum atomic E-state index is -0.467. The van der Waals surface area contributed by atoms with E-state index in [-0.39, 0.29) is 42.0 Å². The van der Waals surface area contributed by atoms with Gasteiger partial charge in [0.1, 0.15) is 0 Å². The number of nitrogens with two attached hydrogens (primary N) is 1. The van der Waals surface area contributed by atoms with Gasteiger partial charge in [-0.3, -0.25) is 14.5 Å². The molecule has 2 aliphatic heterocycles. The lowest BCUT2D eigenvalue weighted by molar-refractivity contribution is -0.137. The van der Waals surface area contributed by atoms with Crippen molar-refractivity contribution in [2.45, 2.75) is 39.7 Å². The van der Waals surface area contributed by atoms with Gasteiger partial charge in [0.25, 0.3) is 0 Å². The first-order valence-corrected chi connectivity index (χ1v) is 8.33. The monoisotopic (exact) mass is 382 g/mol. The summed E-state index contributed by atoms with van der Waals surface area (Å²) in [5.74, 6) is 0.252. The van der Waals surface area contributed by atoms with Crippen molar-refractivity contribution < 1.29 is 9.59 Å². The Morgan fingerprint density at radius 2 is 1.42 bits per heavy atom. The van der Waals surface area contributed by atoms with Crippen LogP contribution >= 0.6 is 24.8 Å². The summed E-state index contributed by atoms with van der Waals surface area (Å²) in [5, 5.41) is 0. The predicted molar refractivity (Wildman–Crippen MR) is 101 cm³/mol. The molecule has 6 nitrogen and oxygen atoms in total. The molecular formula is C16H32Cl2N4O2. The Hall–Kier alpha value is -0.560. The minimum Gasteiger partial charge on any atom is -0.342 e. The average molecular weight is 383 g/mol. The van der Waals surface area contributed by atoms with Crippen molar-refractivity contribution in [2.75, 3.05) is 45.8 Å². The highest BCUT2D eigenvalue weighted by atomic mass is 35.5. The first kappa shape index (κ1) is 23.4. The van der Waals surface area contributed by atoms with Gasteiger partial charge in [0.2, 0.25) is 11.8 Å². The van der Waals surface area contributed by atoms with Crippen LogP contribution in [0.1, 0.15) is 33.6 Å². The summed E-state index contributed by atoms with van der Waals surface area (Å²) in [7, 11) is 0. The summed E-state index contributed by atoms with van der Waals surface area (Å²) in [6.45, 7) is 11.1. The number of amides is 2. The summed E-state index contributed by atoms with van der Waals surface area (Å²) in [4.78, 5) is 30.5. The van der Waals surface area contributed by atoms with Gasteiger partial charge in [0.05, 0.1) is 12.6 Å². The molecule has 8 heteroatoms. The highest BCUT2D eigenvalue weighted by molar-refractivity contribution is 5.85. The quantitative estimate of drug-likeness (QED) is 0.789. The fraction of sp³-hybridized carbons (Fsp3) is 0.875. The number of carbonyl (C=O) groups is 2. The van der Waals surface area contributed by atoms with Crippen LogP contribution in [-0.2, 0) is 9.59 Å². The normalized spacial score (nSPS) is 20.2. The maximum atomic E-state index is 12.4. The Labute approximate surface area is 157 Å². The summed E-state index contributed by atoms with van der Waals surface area (Å²) < 4.78 is 0. The van der Waals surface area contributed by atoms with Crippen LogP contribution in [-0.4, -0.2) is 78.4 Å². The molecule has 2 N–H and O–H groups in total. The lowest BCUT2D eigenvalue weighted by atomic mass is 9.86. The highest BCUT2D eigenvalue weighted by Gasteiger charge is 2.33. The Balaban J connectivity index is 0.00000264. The van der Waals surface area contributed by atoms with Crippen molar-refractivity contribution in [3.8, 4) is 0 Å². The zero-order valence-corrected chi connectivity index (χ0v) is 16.6. The smallest absolute Gasteiger partial charge is 0.240 e. The molecule has 2 aliphatic rings. The second-order valence-corrected chi connectivity index (χ2v) is 7.53. The SMILES string of the molecule is CC(C)(C)[C@H](N)C(=O)N1CCN(CC(=O)N2CCCC2)CC1.Cl.Cl. The van der Waals surface area contributed by atoms with Crippen molar-refractivity contribution >= 4 is 36.6 Å². The van der Waals surface area contributed by atoms with Gasteiger partial charge in [-0.2, -0.15) is 0 Å². The van der Waals surface area contributed by atoms with Gasteiger partial charge < -0.3 is 15.5 Å². The molecule has 0 radical (unpaired) electrons. The summed E-state index contributed by atoms with van der Waals surface area (Å²) in [5.41, 5.74) is 5.84. The Morgan fingerprint density at radius 1 is 0.917 bits per heavy atom. The van der Waals surface area contributed by atoms with Gasteiger partial charge in [-0.1, -0.05) is 20.8 Å². The largest absolute Gasteiger partial charge is 0.342 e. The Morgan fingerprint density at radius 3 is 1.88 bits per heavy atom. The standard InChI is InChI=1S/C16H30N4O2.2ClH/c1-16(2,3)14(17)15(22)20-10-8-18(9-11-20)12-13(21)19-6-4-5-7-19;;/h14H,4-12,17H2,1-3H3;2*1H/t14-;;/m1../s1. The number of nitrogens with zero attached hydrogens (tertiary/aromatic N) is 3. The maximum absolute atomic E-state index is 12.4. The highest BCUT2D eigenvalue weighted by Crippen LogP contribution is 2.19. The van der Waals surface area contributed by atoms with Gasteiger partial charge in [-0.05, 0) is 18.3 Å². The van der Waals surface area contributed by atoms with Gasteiger partial charge >= 0.3 is 0 Å². The first-order valence-electron chi connectivity index (χ1n) is 8.33. The van der Waals surface area contributed by atoms with Crippen LogP contribution in [0.4, 0.5) is 0 Å². The summed E-state index contributed by atoms with van der Waals surface area (Å²) in [6.07, 6.45) is 2.25. The third kappa shape index (κ3) is 6.06. The molecule has 0 spiro atoms. The van der Waals surface area contributed by atoms with E-state index < -0.39 is 6.04 Å². The zero-order valence-electron chi connectivity index (χ0n) is 15.0. The van der Waals surface area contributed by atoms with E-state index in [1.165, 1.54) is 0 Å². The molecule has 0 unspecified atom stereocenters. The number of piperazine rings is 1. The molecule has 24 heavy (non-hydrogen) atoms. The van der Waals surface area contributed by atoms with Gasteiger partial charge in [0.15, 0.2) is 0 Å². The number of hydrogen-bond acceptors (Lipinski definition) is 4. The molecule has 0 aromatic heterocycles. The van der Waals surface area contributed by atoms with Crippen LogP contribution in [0.5, 0.6) is 0 Å². The van der Waals surface area contributed by atoms with E-state index in [2.05, 4.69) is 4.90 Å². The topological polar surface area (TPSA) is 69.9 Å². The Kier molecular flexibility index (Phi) is 9.57. The van der Waals surface area contributed by atoms with Crippen LogP contribution in [0.15, 0.2) is 0 Å². The number of halogens is 2. The van der Waals surface area contributed by atoms with Crippen LogP contribution in [0.3, 0.4) is 0 Å². The van der Waals surface area contributed by atoms with Crippen molar-refractivity contribution in [1.29, 1.82) is 0 Å². The lowest BCUT2D eigenvalue weighted by Gasteiger charge is -2.38. The molecule has 0 aliphatic carbocycles. The molecule has 0 aromatic rings. The summed E-state index contributed by atoms with van der Waals surface area (Å²) in [6, 6.07) is -0.467. The number of rotatable bonds is 3. The predicted octanol–water partition coefficient (Wildman–Crippen LogP) is 0.970. The van der Waals surface area contributed by atoms with Crippen molar-refractivity contribution in [3.63, 3.8) is 0 Å². The van der Waals surface area contributed by atoms with Crippen molar-refractivity contribution in [2.24, 2.45) is 11.1 Å². The maximum Gasteiger partial charge on any atom is 0.240 e. The zero-order chi connectivity index (χ0) is 16.3. The molecule has 2 saturated heterocycles. The van der Waals surface area contributed by atoms with Gasteiger partial charge in [0, 0.05) is 39.3 Å². The fourth-order valence-electron chi connectivity index (χ4n) is 2.95. The lowest BCUT2D eigenvalue weighted by Crippen LogP contribution is -2.57. The molecule has 0 aromatic carbocycles. The summed E-state index contributed by atoms with van der Waals surface area (Å²) >= 11 is 0. The molecule has 2 fully saturated rings. The van der Waals surface area contributed by atoms with E-state index >= 15 is 0 Å². The molecule has 1 atom stereocenters. The second-order valence-electron chi connectivity index (χ2n) is 7.53. The number of hydrogen-bond donors (Lipinski definition) is 1. The van der Waals surface area contributed by atoms with Crippen LogP contribution in [0.25, 0.3) is 0 Å². The van der Waals surface area contributed by atoms with Crippen LogP contribution in [0, 0.1) is 5.41 Å². The first-order chi connectivity index (χ1) is 10.3. The van der Waals surface area contributed by atoms with Gasteiger partial charge in [-0.25, -0.2) is 0 Å². The van der Waals surface area contributed by atoms with Gasteiger partial charge in [-0.15, -0.1) is 24.8 Å². The minimum absolute atomic E-state index is 0. The van der Waals surface area contributed by atoms with Crippen LogP contribution in [0.2, 0.25) is 0 Å². The molecule has 0 saturated carbocycles.